The molecule has 0 saturated carbocycles. The third kappa shape index (κ3) is 5.34. The van der Waals surface area contributed by atoms with Gasteiger partial charge in [-0.3, -0.25) is 4.79 Å². The molecule has 1 aliphatic heterocycles. The minimum absolute atomic E-state index is 0.0353. The molecule has 1 amide bonds. The molecule has 31 heavy (non-hydrogen) atoms. The topological polar surface area (TPSA) is 69.7 Å². The number of hydrogen-bond donors (Lipinski definition) is 1. The van der Waals surface area contributed by atoms with Crippen molar-refractivity contribution >= 4 is 15.9 Å². The van der Waals surface area contributed by atoms with E-state index < -0.39 is 15.4 Å². The molecule has 2 aromatic carbocycles. The number of carbonyl (C=O) groups is 1. The van der Waals surface area contributed by atoms with Crippen molar-refractivity contribution in [2.45, 2.75) is 38.3 Å². The van der Waals surface area contributed by atoms with Gasteiger partial charge >= 0.3 is 0 Å². The van der Waals surface area contributed by atoms with Crippen LogP contribution in [0, 0.1) is 0 Å². The molecule has 0 aromatic heterocycles. The lowest BCUT2D eigenvalue weighted by molar-refractivity contribution is -0.128. The Labute approximate surface area is 186 Å². The molecule has 7 heteroatoms. The van der Waals surface area contributed by atoms with Gasteiger partial charge in [-0.05, 0) is 50.6 Å². The Kier molecular flexibility index (Phi) is 7.51. The smallest absolute Gasteiger partial charge is 0.231 e. The molecule has 2 aromatic rings. The fraction of sp³-hybridized carbons (Fsp3) is 0.458. The number of benzene rings is 2. The van der Waals surface area contributed by atoms with Gasteiger partial charge in [0.25, 0.3) is 0 Å². The van der Waals surface area contributed by atoms with E-state index in [0.29, 0.717) is 32.5 Å². The summed E-state index contributed by atoms with van der Waals surface area (Å²) < 4.78 is 26.2. The third-order valence-electron chi connectivity index (χ3n) is 6.14. The molecular weight excluding hydrogens is 410 g/mol. The second-order valence-corrected chi connectivity index (χ2v) is 10.7. The molecule has 1 aliphatic rings. The molecule has 3 rings (SSSR count). The van der Waals surface area contributed by atoms with Crippen LogP contribution < -0.4 is 5.32 Å². The molecule has 1 heterocycles. The fourth-order valence-electron chi connectivity index (χ4n) is 4.30. The van der Waals surface area contributed by atoms with E-state index >= 15 is 0 Å². The molecule has 0 unspecified atom stereocenters. The Balaban J connectivity index is 1.81. The number of nitrogens with one attached hydrogen (secondary N) is 1. The molecule has 1 saturated heterocycles. The molecule has 1 N–H and O–H groups in total. The van der Waals surface area contributed by atoms with Gasteiger partial charge in [-0.2, -0.15) is 0 Å². The number of carbonyl (C=O) groups excluding carboxylic acids is 1. The van der Waals surface area contributed by atoms with Crippen molar-refractivity contribution in [3.05, 3.63) is 71.3 Å². The van der Waals surface area contributed by atoms with E-state index in [-0.39, 0.29) is 11.7 Å². The van der Waals surface area contributed by atoms with Gasteiger partial charge in [0, 0.05) is 26.2 Å². The van der Waals surface area contributed by atoms with Crippen LogP contribution in [0.4, 0.5) is 0 Å². The first-order chi connectivity index (χ1) is 14.8. The Morgan fingerprint density at radius 1 is 1.00 bits per heavy atom. The predicted octanol–water partition coefficient (Wildman–Crippen LogP) is 2.75. The average molecular weight is 444 g/mol. The summed E-state index contributed by atoms with van der Waals surface area (Å²) in [5.41, 5.74) is 2.50. The van der Waals surface area contributed by atoms with Gasteiger partial charge in [-0.25, -0.2) is 12.7 Å². The van der Waals surface area contributed by atoms with E-state index in [9.17, 15) is 13.2 Å². The molecule has 6 nitrogen and oxygen atoms in total. The Morgan fingerprint density at radius 2 is 1.58 bits per heavy atom. The standard InChI is InChI=1S/C24H33N3O3S/c1-4-31(29,30)27-16-14-24(15-17-27,22-12-6-5-7-13-22)23(28)25-18-20-10-8-9-11-21(20)19-26(2)3/h5-13H,4,14-19H2,1-3H3,(H,25,28). The summed E-state index contributed by atoms with van der Waals surface area (Å²) >= 11 is 0. The van der Waals surface area contributed by atoms with Crippen LogP contribution in [0.1, 0.15) is 36.5 Å². The summed E-state index contributed by atoms with van der Waals surface area (Å²) in [6.07, 6.45) is 0.947. The lowest BCUT2D eigenvalue weighted by Gasteiger charge is -2.40. The summed E-state index contributed by atoms with van der Waals surface area (Å²) in [6.45, 7) is 3.63. The zero-order chi connectivity index (χ0) is 22.5. The molecule has 0 radical (unpaired) electrons. The number of amides is 1. The van der Waals surface area contributed by atoms with Gasteiger partial charge in [0.15, 0.2) is 0 Å². The minimum atomic E-state index is -3.25. The highest BCUT2D eigenvalue weighted by atomic mass is 32.2. The molecule has 0 atom stereocenters. The van der Waals surface area contributed by atoms with Crippen LogP contribution in [0.3, 0.4) is 0 Å². The normalized spacial score (nSPS) is 16.9. The van der Waals surface area contributed by atoms with E-state index in [1.165, 1.54) is 9.87 Å². The van der Waals surface area contributed by atoms with Crippen LogP contribution in [-0.2, 0) is 33.3 Å². The van der Waals surface area contributed by atoms with Crippen molar-refractivity contribution in [3.63, 3.8) is 0 Å². The number of hydrogen-bond acceptors (Lipinski definition) is 4. The van der Waals surface area contributed by atoms with Crippen molar-refractivity contribution < 1.29 is 13.2 Å². The second-order valence-electron chi connectivity index (χ2n) is 8.44. The van der Waals surface area contributed by atoms with Crippen LogP contribution in [-0.4, -0.2) is 56.5 Å². The molecule has 0 spiro atoms. The van der Waals surface area contributed by atoms with Crippen LogP contribution in [0.15, 0.2) is 54.6 Å². The lowest BCUT2D eigenvalue weighted by atomic mass is 9.72. The van der Waals surface area contributed by atoms with Crippen molar-refractivity contribution in [2.24, 2.45) is 0 Å². The largest absolute Gasteiger partial charge is 0.351 e. The average Bonchev–Trinajstić information content (AvgIpc) is 2.78. The zero-order valence-electron chi connectivity index (χ0n) is 18.7. The number of nitrogens with zero attached hydrogens (tertiary/aromatic N) is 2. The molecule has 0 bridgehead atoms. The number of piperidine rings is 1. The maximum atomic E-state index is 13.6. The van der Waals surface area contributed by atoms with E-state index in [4.69, 9.17) is 0 Å². The van der Waals surface area contributed by atoms with Crippen LogP contribution in [0.2, 0.25) is 0 Å². The maximum Gasteiger partial charge on any atom is 0.231 e. The van der Waals surface area contributed by atoms with E-state index in [0.717, 1.165) is 17.7 Å². The Bertz CT molecular complexity index is 982. The quantitative estimate of drug-likeness (QED) is 0.681. The van der Waals surface area contributed by atoms with Crippen molar-refractivity contribution in [2.75, 3.05) is 32.9 Å². The first kappa shape index (κ1) is 23.4. The van der Waals surface area contributed by atoms with Gasteiger partial charge in [0.05, 0.1) is 11.2 Å². The predicted molar refractivity (Wildman–Crippen MR) is 124 cm³/mol. The highest BCUT2D eigenvalue weighted by Crippen LogP contribution is 2.37. The molecule has 0 aliphatic carbocycles. The summed E-state index contributed by atoms with van der Waals surface area (Å²) in [4.78, 5) is 15.7. The summed E-state index contributed by atoms with van der Waals surface area (Å²) in [5, 5.41) is 3.16. The zero-order valence-corrected chi connectivity index (χ0v) is 19.5. The SMILES string of the molecule is CCS(=O)(=O)N1CCC(C(=O)NCc2ccccc2CN(C)C)(c2ccccc2)CC1. The first-order valence-electron chi connectivity index (χ1n) is 10.8. The Hall–Kier alpha value is -2.22. The van der Waals surface area contributed by atoms with E-state index in [2.05, 4.69) is 16.3 Å². The monoisotopic (exact) mass is 443 g/mol. The van der Waals surface area contributed by atoms with Crippen LogP contribution in [0.25, 0.3) is 0 Å². The van der Waals surface area contributed by atoms with Crippen LogP contribution >= 0.6 is 0 Å². The van der Waals surface area contributed by atoms with Crippen molar-refractivity contribution in [3.8, 4) is 0 Å². The summed E-state index contributed by atoms with van der Waals surface area (Å²) in [6, 6.07) is 17.9. The van der Waals surface area contributed by atoms with E-state index in [1.54, 1.807) is 6.92 Å². The molecule has 168 valence electrons. The van der Waals surface area contributed by atoms with Gasteiger partial charge < -0.3 is 10.2 Å². The molecule has 1 fully saturated rings. The maximum absolute atomic E-state index is 13.6. The van der Waals surface area contributed by atoms with Gasteiger partial charge in [-0.1, -0.05) is 54.6 Å². The number of sulfonamides is 1. The third-order valence-corrected chi connectivity index (χ3v) is 8.02. The highest BCUT2D eigenvalue weighted by Gasteiger charge is 2.44. The van der Waals surface area contributed by atoms with Gasteiger partial charge in [-0.15, -0.1) is 0 Å². The Morgan fingerprint density at radius 3 is 2.16 bits per heavy atom. The number of rotatable bonds is 8. The minimum Gasteiger partial charge on any atom is -0.351 e. The van der Waals surface area contributed by atoms with Crippen molar-refractivity contribution in [1.29, 1.82) is 0 Å². The van der Waals surface area contributed by atoms with Gasteiger partial charge in [0.1, 0.15) is 0 Å². The highest BCUT2D eigenvalue weighted by molar-refractivity contribution is 7.89. The molecular formula is C24H33N3O3S. The van der Waals surface area contributed by atoms with Gasteiger partial charge in [0.2, 0.25) is 15.9 Å². The lowest BCUT2D eigenvalue weighted by Crippen LogP contribution is -2.52. The van der Waals surface area contributed by atoms with Crippen LogP contribution in [0.5, 0.6) is 0 Å². The fourth-order valence-corrected chi connectivity index (χ4v) is 5.41. The summed E-state index contributed by atoms with van der Waals surface area (Å²) in [5.74, 6) is 0.0482. The van der Waals surface area contributed by atoms with Crippen molar-refractivity contribution in [1.82, 2.24) is 14.5 Å². The van der Waals surface area contributed by atoms with E-state index in [1.807, 2.05) is 62.6 Å². The summed E-state index contributed by atoms with van der Waals surface area (Å²) in [7, 11) is 0.797. The first-order valence-corrected chi connectivity index (χ1v) is 12.4. The second kappa shape index (κ2) is 9.94.